The number of rotatable bonds is 9. The van der Waals surface area contributed by atoms with Crippen molar-refractivity contribution >= 4 is 43.0 Å². The van der Waals surface area contributed by atoms with E-state index in [-0.39, 0.29) is 0 Å². The van der Waals surface area contributed by atoms with Crippen LogP contribution in [0.4, 0.5) is 28.4 Å². The Morgan fingerprint density at radius 3 is 1.35 bits per heavy atom. The van der Waals surface area contributed by atoms with E-state index in [1.165, 1.54) is 72.7 Å². The van der Waals surface area contributed by atoms with Crippen molar-refractivity contribution in [1.82, 2.24) is 0 Å². The van der Waals surface area contributed by atoms with Gasteiger partial charge in [0.25, 0.3) is 0 Å². The maximum Gasteiger partial charge on any atom is 0.0467 e. The average molecular weight is 747 g/mol. The fraction of sp³-hybridized carbons (Fsp3) is 0.231. The smallest absolute Gasteiger partial charge is 0.0467 e. The summed E-state index contributed by atoms with van der Waals surface area (Å²) in [7, 11) is 2.77. The Kier molecular flexibility index (Phi) is 19.0. The molecule has 0 amide bonds. The van der Waals surface area contributed by atoms with Crippen molar-refractivity contribution in [2.45, 2.75) is 75.7 Å². The summed E-state index contributed by atoms with van der Waals surface area (Å²) in [6.45, 7) is 21.9. The number of hydrogen-bond acceptors (Lipinski definition) is 2. The van der Waals surface area contributed by atoms with Crippen LogP contribution >= 0.6 is 9.24 Å². The second-order valence-electron chi connectivity index (χ2n) is 14.0. The summed E-state index contributed by atoms with van der Waals surface area (Å²) in [5, 5.41) is 1.18. The molecule has 0 bridgehead atoms. The quantitative estimate of drug-likeness (QED) is 0.107. The Labute approximate surface area is 336 Å². The molecule has 0 spiro atoms. The molecule has 6 aromatic carbocycles. The van der Waals surface area contributed by atoms with Gasteiger partial charge in [0.1, 0.15) is 0 Å². The molecule has 6 aromatic rings. The van der Waals surface area contributed by atoms with Crippen molar-refractivity contribution in [3.8, 4) is 0 Å². The molecule has 0 heterocycles. The third-order valence-corrected chi connectivity index (χ3v) is 9.03. The molecule has 6 rings (SSSR count). The molecule has 1 atom stereocenters. The van der Waals surface area contributed by atoms with Crippen LogP contribution in [0, 0.1) is 41.5 Å². The highest BCUT2D eigenvalue weighted by molar-refractivity contribution is 7.27. The van der Waals surface area contributed by atoms with E-state index in [1.807, 2.05) is 13.8 Å². The first-order chi connectivity index (χ1) is 26.5. The molecule has 0 aromatic heterocycles. The fourth-order valence-electron chi connectivity index (χ4n) is 5.67. The molecule has 55 heavy (non-hydrogen) atoms. The second-order valence-corrected chi connectivity index (χ2v) is 14.7. The Bertz CT molecular complexity index is 1990. The van der Waals surface area contributed by atoms with Crippen LogP contribution in [-0.2, 0) is 0 Å². The maximum absolute atomic E-state index is 2.77. The van der Waals surface area contributed by atoms with E-state index >= 15 is 0 Å². The van der Waals surface area contributed by atoms with Gasteiger partial charge in [-0.2, -0.15) is 0 Å². The first kappa shape index (κ1) is 44.2. The summed E-state index contributed by atoms with van der Waals surface area (Å²) >= 11 is 0. The summed E-state index contributed by atoms with van der Waals surface area (Å²) in [6, 6.07) is 51.7. The van der Waals surface area contributed by atoms with Crippen molar-refractivity contribution in [3.63, 3.8) is 0 Å². The van der Waals surface area contributed by atoms with Crippen molar-refractivity contribution in [2.75, 3.05) is 16.3 Å². The normalized spacial score (nSPS) is 10.2. The lowest BCUT2D eigenvalue weighted by atomic mass is 10.1. The third-order valence-electron chi connectivity index (χ3n) is 8.67. The van der Waals surface area contributed by atoms with Crippen LogP contribution in [0.15, 0.2) is 169 Å². The molecule has 3 heteroatoms. The highest BCUT2D eigenvalue weighted by atomic mass is 31.0. The topological polar surface area (TPSA) is 6.48 Å². The van der Waals surface area contributed by atoms with Gasteiger partial charge in [-0.05, 0) is 139 Å². The first-order valence-corrected chi connectivity index (χ1v) is 20.1. The Morgan fingerprint density at radius 2 is 0.873 bits per heavy atom. The summed E-state index contributed by atoms with van der Waals surface area (Å²) in [5.41, 5.74) is 15.1. The van der Waals surface area contributed by atoms with Crippen LogP contribution < -0.4 is 15.1 Å². The molecule has 0 fully saturated rings. The number of hydrogen-bond donors (Lipinski definition) is 0. The summed E-state index contributed by atoms with van der Waals surface area (Å²) in [4.78, 5) is 4.64. The summed E-state index contributed by atoms with van der Waals surface area (Å²) in [6.07, 6.45) is 7.74. The minimum Gasteiger partial charge on any atom is -0.338 e. The van der Waals surface area contributed by atoms with Gasteiger partial charge in [-0.3, -0.25) is 0 Å². The monoisotopic (exact) mass is 746 g/mol. The van der Waals surface area contributed by atoms with Gasteiger partial charge in [0.05, 0.1) is 0 Å². The number of nitrogens with zero attached hydrogens (tertiary/aromatic N) is 2. The molecule has 0 radical (unpaired) electrons. The Morgan fingerprint density at radius 1 is 0.455 bits per heavy atom. The third kappa shape index (κ3) is 15.6. The van der Waals surface area contributed by atoms with Crippen molar-refractivity contribution in [2.24, 2.45) is 0 Å². The minimum absolute atomic E-state index is 0.878. The zero-order chi connectivity index (χ0) is 40.2. The summed E-state index contributed by atoms with van der Waals surface area (Å²) < 4.78 is 0. The molecule has 0 saturated heterocycles. The van der Waals surface area contributed by atoms with Crippen LogP contribution in [-0.4, -0.2) is 6.54 Å². The fourth-order valence-corrected chi connectivity index (χ4v) is 5.95. The van der Waals surface area contributed by atoms with Gasteiger partial charge in [0, 0.05) is 35.0 Å². The number of benzene rings is 6. The predicted octanol–water partition coefficient (Wildman–Crippen LogP) is 15.0. The van der Waals surface area contributed by atoms with Gasteiger partial charge >= 0.3 is 0 Å². The highest BCUT2D eigenvalue weighted by Gasteiger charge is 2.12. The number of anilines is 5. The Balaban J connectivity index is 0.000000237. The molecule has 0 aliphatic rings. The largest absolute Gasteiger partial charge is 0.338 e. The van der Waals surface area contributed by atoms with E-state index in [0.29, 0.717) is 0 Å². The number of allylic oxidation sites excluding steroid dienone is 3. The first-order valence-electron chi connectivity index (χ1n) is 19.5. The SMILES string of the molecule is CC.CC(C)=CC/C=C\CN(c1ccc(C)cc1)c1cccc(C)c1.Cc1ccc(C)cc1.Cc1ccc(N(c2cccc(C)c2)c2cccc(P)c2)cc1. The molecular weight excluding hydrogens is 684 g/mol. The predicted molar refractivity (Wildman–Crippen MR) is 250 cm³/mol. The van der Waals surface area contributed by atoms with Gasteiger partial charge in [0.2, 0.25) is 0 Å². The molecule has 2 nitrogen and oxygen atoms in total. The molecule has 286 valence electrons. The minimum atomic E-state index is 0.878. The standard InChI is InChI=1S/C22H27N.C20H20NP.C8H10.C2H6/c1-18(2)9-6-5-7-16-23(21-14-12-19(3)13-15-21)22-11-8-10-20(4)17-22;1-15-9-11-17(12-10-15)21(18-6-3-5-16(2)13-18)19-7-4-8-20(22)14-19;1-7-3-5-8(2)6-4-7;1-2/h5,7-15,17H,6,16H2,1-4H3;3-14H,22H2,1-2H3;3-6H,1-2H3;1-2H3/b7-5-;;;. The van der Waals surface area contributed by atoms with Gasteiger partial charge in [0.15, 0.2) is 0 Å². The molecule has 0 N–H and O–H groups in total. The second kappa shape index (κ2) is 23.6. The highest BCUT2D eigenvalue weighted by Crippen LogP contribution is 2.34. The van der Waals surface area contributed by atoms with E-state index in [1.54, 1.807) is 0 Å². The lowest BCUT2D eigenvalue weighted by Crippen LogP contribution is -2.16. The van der Waals surface area contributed by atoms with Crippen molar-refractivity contribution in [1.29, 1.82) is 0 Å². The van der Waals surface area contributed by atoms with Crippen molar-refractivity contribution < 1.29 is 0 Å². The maximum atomic E-state index is 2.77. The molecule has 0 aliphatic carbocycles. The molecular formula is C52H63N2P. The van der Waals surface area contributed by atoms with Crippen LogP contribution in [0.1, 0.15) is 67.5 Å². The zero-order valence-electron chi connectivity index (χ0n) is 35.0. The van der Waals surface area contributed by atoms with E-state index in [9.17, 15) is 0 Å². The Hall–Kier alpha value is -5.17. The summed E-state index contributed by atoms with van der Waals surface area (Å²) in [5.74, 6) is 0. The average Bonchev–Trinajstić information content (AvgIpc) is 3.17. The lowest BCUT2D eigenvalue weighted by Gasteiger charge is -2.26. The van der Waals surface area contributed by atoms with Crippen LogP contribution in [0.5, 0.6) is 0 Å². The van der Waals surface area contributed by atoms with Gasteiger partial charge < -0.3 is 9.80 Å². The van der Waals surface area contributed by atoms with E-state index in [4.69, 9.17) is 0 Å². The van der Waals surface area contributed by atoms with Crippen LogP contribution in [0.3, 0.4) is 0 Å². The van der Waals surface area contributed by atoms with Gasteiger partial charge in [-0.1, -0.05) is 145 Å². The van der Waals surface area contributed by atoms with Gasteiger partial charge in [-0.15, -0.1) is 9.24 Å². The van der Waals surface area contributed by atoms with Crippen LogP contribution in [0.25, 0.3) is 0 Å². The molecule has 0 saturated carbocycles. The number of aryl methyl sites for hydroxylation is 6. The lowest BCUT2D eigenvalue weighted by molar-refractivity contribution is 1.08. The van der Waals surface area contributed by atoms with Gasteiger partial charge in [-0.25, -0.2) is 0 Å². The van der Waals surface area contributed by atoms with Crippen LogP contribution in [0.2, 0.25) is 0 Å². The van der Waals surface area contributed by atoms with Crippen molar-refractivity contribution in [3.05, 3.63) is 203 Å². The zero-order valence-corrected chi connectivity index (χ0v) is 36.1. The molecule has 1 unspecified atom stereocenters. The van der Waals surface area contributed by atoms with E-state index < -0.39 is 0 Å². The van der Waals surface area contributed by atoms with E-state index in [0.717, 1.165) is 13.0 Å². The van der Waals surface area contributed by atoms with E-state index in [2.05, 4.69) is 238 Å². The molecule has 0 aliphatic heterocycles.